The fraction of sp³-hybridized carbons (Fsp3) is 0.300. The Labute approximate surface area is 81.5 Å². The van der Waals surface area contributed by atoms with Gasteiger partial charge in [-0.15, -0.1) is 0 Å². The van der Waals surface area contributed by atoms with Gasteiger partial charge in [-0.1, -0.05) is 13.8 Å². The lowest BCUT2D eigenvalue weighted by atomic mass is 10.0. The summed E-state index contributed by atoms with van der Waals surface area (Å²) < 4.78 is 1.47. The monoisotopic (exact) mass is 189 g/mol. The van der Waals surface area contributed by atoms with E-state index in [9.17, 15) is 4.79 Å². The van der Waals surface area contributed by atoms with Crippen molar-refractivity contribution in [3.05, 3.63) is 30.1 Å². The lowest BCUT2D eigenvalue weighted by molar-refractivity contribution is 0.0941. The highest BCUT2D eigenvalue weighted by atomic mass is 16.1. The maximum atomic E-state index is 11.7. The highest BCUT2D eigenvalue weighted by Gasteiger charge is 2.15. The number of hydrogen-bond acceptors (Lipinski definition) is 3. The van der Waals surface area contributed by atoms with Crippen molar-refractivity contribution < 1.29 is 4.79 Å². The fourth-order valence-corrected chi connectivity index (χ4v) is 1.33. The average molecular weight is 189 g/mol. The molecule has 0 N–H and O–H groups in total. The van der Waals surface area contributed by atoms with Crippen LogP contribution in [0, 0.1) is 5.92 Å². The van der Waals surface area contributed by atoms with E-state index in [4.69, 9.17) is 0 Å². The Morgan fingerprint density at radius 3 is 2.93 bits per heavy atom. The van der Waals surface area contributed by atoms with Gasteiger partial charge < -0.3 is 0 Å². The standard InChI is InChI=1S/C10H11N3O/c1-7(2)10(14)8-6-12-13-9(8)4-3-5-11-13/h3-7H,1-2H3. The molecule has 2 heterocycles. The molecule has 0 atom stereocenters. The van der Waals surface area contributed by atoms with Gasteiger partial charge >= 0.3 is 0 Å². The smallest absolute Gasteiger partial charge is 0.169 e. The summed E-state index contributed by atoms with van der Waals surface area (Å²) in [7, 11) is 0. The van der Waals surface area contributed by atoms with Gasteiger partial charge in [0.2, 0.25) is 0 Å². The van der Waals surface area contributed by atoms with Gasteiger partial charge in [0.1, 0.15) is 0 Å². The summed E-state index contributed by atoms with van der Waals surface area (Å²) in [6.45, 7) is 3.75. The molecule has 0 aliphatic rings. The highest BCUT2D eigenvalue weighted by Crippen LogP contribution is 2.13. The molecule has 0 aliphatic heterocycles. The Kier molecular flexibility index (Phi) is 2.04. The molecule has 2 rings (SSSR count). The first-order valence-electron chi connectivity index (χ1n) is 4.53. The molecule has 0 bridgehead atoms. The van der Waals surface area contributed by atoms with Crippen LogP contribution in [0.4, 0.5) is 0 Å². The minimum atomic E-state index is -0.0109. The summed E-state index contributed by atoms with van der Waals surface area (Å²) in [6.07, 6.45) is 3.22. The number of nitrogens with zero attached hydrogens (tertiary/aromatic N) is 3. The van der Waals surface area contributed by atoms with Crippen molar-refractivity contribution in [1.82, 2.24) is 14.8 Å². The van der Waals surface area contributed by atoms with Crippen LogP contribution in [0.5, 0.6) is 0 Å². The zero-order chi connectivity index (χ0) is 10.1. The van der Waals surface area contributed by atoms with Crippen LogP contribution in [0.2, 0.25) is 0 Å². The molecule has 0 aromatic carbocycles. The van der Waals surface area contributed by atoms with Gasteiger partial charge in [-0.25, -0.2) is 0 Å². The molecule has 0 radical (unpaired) electrons. The summed E-state index contributed by atoms with van der Waals surface area (Å²) in [5.41, 5.74) is 1.42. The van der Waals surface area contributed by atoms with Crippen molar-refractivity contribution in [3.8, 4) is 0 Å². The van der Waals surface area contributed by atoms with Gasteiger partial charge in [0, 0.05) is 12.1 Å². The number of ketones is 1. The van der Waals surface area contributed by atoms with E-state index >= 15 is 0 Å². The molecule has 72 valence electrons. The number of rotatable bonds is 2. The predicted octanol–water partition coefficient (Wildman–Crippen LogP) is 1.57. The summed E-state index contributed by atoms with van der Waals surface area (Å²) in [5.74, 6) is 0.0937. The second kappa shape index (κ2) is 3.21. The first kappa shape index (κ1) is 8.87. The lowest BCUT2D eigenvalue weighted by Crippen LogP contribution is -2.06. The van der Waals surface area contributed by atoms with Gasteiger partial charge in [-0.2, -0.15) is 14.8 Å². The van der Waals surface area contributed by atoms with Gasteiger partial charge in [-0.3, -0.25) is 4.79 Å². The van der Waals surface area contributed by atoms with Crippen molar-refractivity contribution >= 4 is 11.3 Å². The second-order valence-corrected chi connectivity index (χ2v) is 3.48. The summed E-state index contributed by atoms with van der Waals surface area (Å²) >= 11 is 0. The number of carbonyl (C=O) groups excluding carboxylic acids is 1. The Balaban J connectivity index is 2.58. The second-order valence-electron chi connectivity index (χ2n) is 3.48. The quantitative estimate of drug-likeness (QED) is 0.673. The highest BCUT2D eigenvalue weighted by molar-refractivity contribution is 6.03. The zero-order valence-electron chi connectivity index (χ0n) is 8.14. The molecular formula is C10H11N3O. The lowest BCUT2D eigenvalue weighted by Gasteiger charge is -2.00. The van der Waals surface area contributed by atoms with Crippen LogP contribution >= 0.6 is 0 Å². The largest absolute Gasteiger partial charge is 0.294 e. The summed E-state index contributed by atoms with van der Waals surface area (Å²) in [5, 5.41) is 8.00. The van der Waals surface area contributed by atoms with Crippen LogP contribution < -0.4 is 0 Å². The third-order valence-corrected chi connectivity index (χ3v) is 2.09. The van der Waals surface area contributed by atoms with Gasteiger partial charge in [0.15, 0.2) is 5.78 Å². The molecule has 0 amide bonds. The van der Waals surface area contributed by atoms with Crippen molar-refractivity contribution in [2.24, 2.45) is 5.92 Å². The van der Waals surface area contributed by atoms with Crippen molar-refractivity contribution in [3.63, 3.8) is 0 Å². The van der Waals surface area contributed by atoms with Crippen LogP contribution in [0.1, 0.15) is 24.2 Å². The van der Waals surface area contributed by atoms with Gasteiger partial charge in [-0.05, 0) is 12.1 Å². The number of carbonyl (C=O) groups is 1. The van der Waals surface area contributed by atoms with E-state index in [0.29, 0.717) is 5.56 Å². The molecule has 4 heteroatoms. The van der Waals surface area contributed by atoms with Crippen LogP contribution in [-0.4, -0.2) is 20.6 Å². The maximum Gasteiger partial charge on any atom is 0.169 e. The van der Waals surface area contributed by atoms with Crippen molar-refractivity contribution in [1.29, 1.82) is 0 Å². The molecular weight excluding hydrogens is 178 g/mol. The predicted molar refractivity (Wildman–Crippen MR) is 52.2 cm³/mol. The summed E-state index contributed by atoms with van der Waals surface area (Å²) in [4.78, 5) is 11.7. The molecule has 0 aliphatic carbocycles. The summed E-state index contributed by atoms with van der Waals surface area (Å²) in [6, 6.07) is 3.64. The molecule has 0 unspecified atom stereocenters. The van der Waals surface area contributed by atoms with E-state index in [0.717, 1.165) is 5.52 Å². The van der Waals surface area contributed by atoms with Gasteiger partial charge in [0.25, 0.3) is 0 Å². The first-order chi connectivity index (χ1) is 6.70. The van der Waals surface area contributed by atoms with E-state index in [1.165, 1.54) is 4.63 Å². The molecule has 4 nitrogen and oxygen atoms in total. The van der Waals surface area contributed by atoms with E-state index in [-0.39, 0.29) is 11.7 Å². The number of aromatic nitrogens is 3. The maximum absolute atomic E-state index is 11.7. The minimum absolute atomic E-state index is 0.0109. The molecule has 0 fully saturated rings. The molecule has 0 saturated carbocycles. The Bertz CT molecular complexity index is 473. The molecule has 2 aromatic heterocycles. The Morgan fingerprint density at radius 1 is 1.43 bits per heavy atom. The normalized spacial score (nSPS) is 11.1. The topological polar surface area (TPSA) is 47.3 Å². The third kappa shape index (κ3) is 1.28. The van der Waals surface area contributed by atoms with E-state index in [1.54, 1.807) is 18.5 Å². The number of hydrogen-bond donors (Lipinski definition) is 0. The van der Waals surface area contributed by atoms with Crippen molar-refractivity contribution in [2.45, 2.75) is 13.8 Å². The molecule has 0 saturated heterocycles. The van der Waals surface area contributed by atoms with E-state index in [1.807, 2.05) is 19.9 Å². The molecule has 2 aromatic rings. The first-order valence-corrected chi connectivity index (χ1v) is 4.53. The van der Waals surface area contributed by atoms with Crippen LogP contribution in [0.15, 0.2) is 24.5 Å². The fourth-order valence-electron chi connectivity index (χ4n) is 1.33. The Hall–Kier alpha value is -1.71. The minimum Gasteiger partial charge on any atom is -0.294 e. The molecule has 14 heavy (non-hydrogen) atoms. The number of Topliss-reactive ketones (excluding diaryl/α,β-unsaturated/α-hetero) is 1. The van der Waals surface area contributed by atoms with E-state index < -0.39 is 0 Å². The third-order valence-electron chi connectivity index (χ3n) is 2.09. The van der Waals surface area contributed by atoms with Crippen LogP contribution in [0.25, 0.3) is 5.52 Å². The molecule has 0 spiro atoms. The zero-order valence-corrected chi connectivity index (χ0v) is 8.14. The van der Waals surface area contributed by atoms with Crippen LogP contribution in [0.3, 0.4) is 0 Å². The van der Waals surface area contributed by atoms with Crippen molar-refractivity contribution in [2.75, 3.05) is 0 Å². The van der Waals surface area contributed by atoms with Crippen LogP contribution in [-0.2, 0) is 0 Å². The SMILES string of the molecule is CC(C)C(=O)c1cnn2ncccc12. The number of fused-ring (bicyclic) bond motifs is 1. The van der Waals surface area contributed by atoms with Gasteiger partial charge in [0.05, 0.1) is 17.3 Å². The average Bonchev–Trinajstić information content (AvgIpc) is 2.60. The van der Waals surface area contributed by atoms with E-state index in [2.05, 4.69) is 10.2 Å². The Morgan fingerprint density at radius 2 is 2.21 bits per heavy atom.